The molecule has 3 nitrogen and oxygen atoms in total. The summed E-state index contributed by atoms with van der Waals surface area (Å²) in [5, 5.41) is 9.18. The number of phenolic OH excluding ortho intramolecular Hbond substituents is 1. The van der Waals surface area contributed by atoms with Gasteiger partial charge in [-0.3, -0.25) is 0 Å². The van der Waals surface area contributed by atoms with Gasteiger partial charge in [-0.1, -0.05) is 5.46 Å². The van der Waals surface area contributed by atoms with Crippen LogP contribution >= 0.6 is 0 Å². The van der Waals surface area contributed by atoms with Crippen molar-refractivity contribution in [1.82, 2.24) is 0 Å². The summed E-state index contributed by atoms with van der Waals surface area (Å²) in [7, 11) is 2.70. The SMILES string of the molecule is Bc1cc(C(=O)OC)c(O)cc1F. The van der Waals surface area contributed by atoms with Crippen molar-refractivity contribution in [3.63, 3.8) is 0 Å². The van der Waals surface area contributed by atoms with E-state index in [0.717, 1.165) is 6.07 Å². The molecule has 0 atom stereocenters. The van der Waals surface area contributed by atoms with E-state index >= 15 is 0 Å². The Bertz CT molecular complexity index is 351. The first-order valence-corrected chi connectivity index (χ1v) is 3.63. The van der Waals surface area contributed by atoms with Crippen molar-refractivity contribution in [1.29, 1.82) is 0 Å². The van der Waals surface area contributed by atoms with Crippen molar-refractivity contribution in [2.24, 2.45) is 0 Å². The molecule has 0 aliphatic carbocycles. The number of esters is 1. The van der Waals surface area contributed by atoms with Gasteiger partial charge < -0.3 is 9.84 Å². The minimum absolute atomic E-state index is 0.0265. The Labute approximate surface area is 75.5 Å². The topological polar surface area (TPSA) is 46.5 Å². The minimum atomic E-state index is -0.680. The third kappa shape index (κ3) is 1.80. The molecule has 0 heterocycles. The first-order valence-electron chi connectivity index (χ1n) is 3.63. The average Bonchev–Trinajstić information content (AvgIpc) is 2.10. The second kappa shape index (κ2) is 3.47. The van der Waals surface area contributed by atoms with Crippen LogP contribution in [0.1, 0.15) is 10.4 Å². The highest BCUT2D eigenvalue weighted by molar-refractivity contribution is 6.33. The van der Waals surface area contributed by atoms with Gasteiger partial charge >= 0.3 is 5.97 Å². The summed E-state index contributed by atoms with van der Waals surface area (Å²) in [5.41, 5.74) is 0.264. The standard InChI is InChI=1S/C8H8BFO3/c1-13-8(12)4-2-5(9)6(10)3-7(4)11/h2-3,11H,9H2,1H3. The lowest BCUT2D eigenvalue weighted by atomic mass is 9.93. The van der Waals surface area contributed by atoms with Gasteiger partial charge in [0.2, 0.25) is 0 Å². The average molecular weight is 182 g/mol. The maximum atomic E-state index is 12.8. The molecular formula is C8H8BFO3. The Balaban J connectivity index is 3.23. The van der Waals surface area contributed by atoms with Crippen LogP contribution in [0.3, 0.4) is 0 Å². The number of ether oxygens (including phenoxy) is 1. The van der Waals surface area contributed by atoms with Crippen LogP contribution in [-0.2, 0) is 4.74 Å². The van der Waals surface area contributed by atoms with E-state index < -0.39 is 17.5 Å². The molecule has 13 heavy (non-hydrogen) atoms. The first-order chi connectivity index (χ1) is 6.06. The van der Waals surface area contributed by atoms with E-state index in [9.17, 15) is 14.3 Å². The number of phenols is 1. The van der Waals surface area contributed by atoms with E-state index in [0.29, 0.717) is 5.46 Å². The summed E-state index contributed by atoms with van der Waals surface area (Å²) in [5.74, 6) is -1.64. The molecule has 0 unspecified atom stereocenters. The second-order valence-corrected chi connectivity index (χ2v) is 2.61. The van der Waals surface area contributed by atoms with Gasteiger partial charge in [0.05, 0.1) is 7.11 Å². The van der Waals surface area contributed by atoms with Crippen LogP contribution in [0.25, 0.3) is 0 Å². The van der Waals surface area contributed by atoms with Crippen molar-refractivity contribution in [3.8, 4) is 5.75 Å². The molecule has 1 aromatic carbocycles. The first kappa shape index (κ1) is 9.57. The van der Waals surface area contributed by atoms with Gasteiger partial charge in [0.1, 0.15) is 25.0 Å². The molecule has 1 N–H and O–H groups in total. The zero-order chi connectivity index (χ0) is 10.0. The number of hydrogen-bond donors (Lipinski definition) is 1. The van der Waals surface area contributed by atoms with Gasteiger partial charge in [-0.05, 0) is 6.07 Å². The fourth-order valence-electron chi connectivity index (χ4n) is 0.944. The number of aromatic hydroxyl groups is 1. The molecular weight excluding hydrogens is 174 g/mol. The van der Waals surface area contributed by atoms with Crippen LogP contribution in [0, 0.1) is 5.82 Å². The van der Waals surface area contributed by atoms with Crippen molar-refractivity contribution >= 4 is 19.3 Å². The Morgan fingerprint density at radius 3 is 2.77 bits per heavy atom. The van der Waals surface area contributed by atoms with E-state index in [-0.39, 0.29) is 5.56 Å². The molecule has 0 saturated heterocycles. The summed E-state index contributed by atoms with van der Waals surface area (Å²) >= 11 is 0. The van der Waals surface area contributed by atoms with Crippen LogP contribution in [0.2, 0.25) is 0 Å². The Morgan fingerprint density at radius 2 is 2.23 bits per heavy atom. The summed E-state index contributed by atoms with van der Waals surface area (Å²) in [6.45, 7) is 0. The van der Waals surface area contributed by atoms with Gasteiger partial charge in [-0.2, -0.15) is 0 Å². The number of methoxy groups -OCH3 is 1. The zero-order valence-corrected chi connectivity index (χ0v) is 7.30. The lowest BCUT2D eigenvalue weighted by Gasteiger charge is -2.04. The molecule has 0 radical (unpaired) electrons. The lowest BCUT2D eigenvalue weighted by molar-refractivity contribution is 0.0597. The second-order valence-electron chi connectivity index (χ2n) is 2.61. The Morgan fingerprint density at radius 1 is 1.62 bits per heavy atom. The number of carbonyl (C=O) groups is 1. The highest BCUT2D eigenvalue weighted by Crippen LogP contribution is 2.16. The van der Waals surface area contributed by atoms with E-state index in [1.54, 1.807) is 0 Å². The number of hydrogen-bond acceptors (Lipinski definition) is 3. The third-order valence-corrected chi connectivity index (χ3v) is 1.68. The van der Waals surface area contributed by atoms with E-state index in [2.05, 4.69) is 4.74 Å². The highest BCUT2D eigenvalue weighted by Gasteiger charge is 2.13. The van der Waals surface area contributed by atoms with Crippen LogP contribution in [0.4, 0.5) is 4.39 Å². The smallest absolute Gasteiger partial charge is 0.341 e. The summed E-state index contributed by atoms with van der Waals surface area (Å²) < 4.78 is 17.2. The maximum Gasteiger partial charge on any atom is 0.341 e. The molecule has 0 spiro atoms. The Hall–Kier alpha value is -1.52. The van der Waals surface area contributed by atoms with Gasteiger partial charge in [0, 0.05) is 6.07 Å². The summed E-state index contributed by atoms with van der Waals surface area (Å²) in [6.07, 6.45) is 0. The van der Waals surface area contributed by atoms with Crippen molar-refractivity contribution < 1.29 is 19.0 Å². The predicted molar refractivity (Wildman–Crippen MR) is 47.6 cm³/mol. The maximum absolute atomic E-state index is 12.8. The Kier molecular flexibility index (Phi) is 2.56. The van der Waals surface area contributed by atoms with Gasteiger partial charge in [-0.15, -0.1) is 0 Å². The molecule has 0 aromatic heterocycles. The van der Waals surface area contributed by atoms with E-state index in [1.165, 1.54) is 21.0 Å². The molecule has 1 aromatic rings. The summed E-state index contributed by atoms with van der Waals surface area (Å²) in [4.78, 5) is 11.0. The molecule has 0 aliphatic rings. The quantitative estimate of drug-likeness (QED) is 0.473. The van der Waals surface area contributed by atoms with Crippen LogP contribution < -0.4 is 5.46 Å². The van der Waals surface area contributed by atoms with Gasteiger partial charge in [0.15, 0.2) is 0 Å². The molecule has 0 amide bonds. The van der Waals surface area contributed by atoms with E-state index in [4.69, 9.17) is 0 Å². The van der Waals surface area contributed by atoms with Crippen LogP contribution in [0.15, 0.2) is 12.1 Å². The molecule has 5 heteroatoms. The lowest BCUT2D eigenvalue weighted by Crippen LogP contribution is -2.12. The highest BCUT2D eigenvalue weighted by atomic mass is 19.1. The predicted octanol–water partition coefficient (Wildman–Crippen LogP) is -0.424. The largest absolute Gasteiger partial charge is 0.507 e. The molecule has 0 bridgehead atoms. The normalized spacial score (nSPS) is 9.69. The number of benzene rings is 1. The molecule has 1 rings (SSSR count). The van der Waals surface area contributed by atoms with Crippen LogP contribution in [0.5, 0.6) is 5.75 Å². The summed E-state index contributed by atoms with van der Waals surface area (Å²) in [6, 6.07) is 2.14. The van der Waals surface area contributed by atoms with Gasteiger partial charge in [0.25, 0.3) is 0 Å². The molecule has 0 saturated carbocycles. The number of rotatable bonds is 1. The molecule has 68 valence electrons. The number of carbonyl (C=O) groups excluding carboxylic acids is 1. The molecule has 0 aliphatic heterocycles. The minimum Gasteiger partial charge on any atom is -0.507 e. The van der Waals surface area contributed by atoms with Crippen LogP contribution in [-0.4, -0.2) is 26.0 Å². The van der Waals surface area contributed by atoms with E-state index in [1.807, 2.05) is 0 Å². The fourth-order valence-corrected chi connectivity index (χ4v) is 0.944. The zero-order valence-electron chi connectivity index (χ0n) is 7.30. The van der Waals surface area contributed by atoms with Crippen molar-refractivity contribution in [3.05, 3.63) is 23.5 Å². The third-order valence-electron chi connectivity index (χ3n) is 1.68. The fraction of sp³-hybridized carbons (Fsp3) is 0.125. The van der Waals surface area contributed by atoms with Crippen molar-refractivity contribution in [2.45, 2.75) is 0 Å². The number of halogens is 1. The van der Waals surface area contributed by atoms with Crippen molar-refractivity contribution in [2.75, 3.05) is 7.11 Å². The monoisotopic (exact) mass is 182 g/mol. The molecule has 0 fully saturated rings. The van der Waals surface area contributed by atoms with Gasteiger partial charge in [-0.25, -0.2) is 9.18 Å².